The predicted octanol–water partition coefficient (Wildman–Crippen LogP) is -0.633. The van der Waals surface area contributed by atoms with Crippen molar-refractivity contribution in [1.82, 2.24) is 10.1 Å². The monoisotopic (exact) mass is 274 g/mol. The third kappa shape index (κ3) is 2.41. The van der Waals surface area contributed by atoms with Gasteiger partial charge in [-0.25, -0.2) is 14.4 Å². The number of hydrogen-bond donors (Lipinski definition) is 0. The molecule has 0 N–H and O–H groups in total. The SMILES string of the molecule is COC(=O)C1(C(=O)OC)CN=NN1OC(=O)N(C)C. The molecule has 0 saturated heterocycles. The van der Waals surface area contributed by atoms with E-state index in [9.17, 15) is 14.4 Å². The molecule has 0 bridgehead atoms. The van der Waals surface area contributed by atoms with E-state index in [1.165, 1.54) is 14.1 Å². The van der Waals surface area contributed by atoms with E-state index in [1.807, 2.05) is 0 Å². The van der Waals surface area contributed by atoms with Gasteiger partial charge >= 0.3 is 23.6 Å². The fourth-order valence-electron chi connectivity index (χ4n) is 1.29. The van der Waals surface area contributed by atoms with Crippen LogP contribution in [0.4, 0.5) is 4.79 Å². The second-order valence-corrected chi connectivity index (χ2v) is 3.76. The number of methoxy groups -OCH3 is 2. The van der Waals surface area contributed by atoms with Crippen molar-refractivity contribution in [2.75, 3.05) is 34.9 Å². The van der Waals surface area contributed by atoms with Crippen molar-refractivity contribution in [3.05, 3.63) is 0 Å². The maximum absolute atomic E-state index is 11.8. The zero-order valence-electron chi connectivity index (χ0n) is 10.9. The molecular formula is C9H14N4O6. The van der Waals surface area contributed by atoms with Gasteiger partial charge in [0.25, 0.3) is 0 Å². The van der Waals surface area contributed by atoms with Crippen LogP contribution in [0.25, 0.3) is 0 Å². The highest BCUT2D eigenvalue weighted by atomic mass is 16.8. The minimum Gasteiger partial charge on any atom is -0.467 e. The summed E-state index contributed by atoms with van der Waals surface area (Å²) in [5.41, 5.74) is -2.05. The third-order valence-electron chi connectivity index (χ3n) is 2.35. The van der Waals surface area contributed by atoms with E-state index in [2.05, 4.69) is 19.8 Å². The number of rotatable bonds is 3. The van der Waals surface area contributed by atoms with E-state index in [-0.39, 0.29) is 6.54 Å². The first kappa shape index (κ1) is 14.7. The van der Waals surface area contributed by atoms with Gasteiger partial charge in [0.15, 0.2) is 0 Å². The molecule has 1 amide bonds. The smallest absolute Gasteiger partial charge is 0.435 e. The number of carbonyl (C=O) groups excluding carboxylic acids is 3. The molecule has 0 aromatic carbocycles. The second-order valence-electron chi connectivity index (χ2n) is 3.76. The lowest BCUT2D eigenvalue weighted by atomic mass is 10.0. The van der Waals surface area contributed by atoms with Crippen LogP contribution in [-0.2, 0) is 23.9 Å². The summed E-state index contributed by atoms with van der Waals surface area (Å²) in [5.74, 6) is -1.98. The minimum atomic E-state index is -2.05. The molecule has 106 valence electrons. The number of ether oxygens (including phenoxy) is 2. The van der Waals surface area contributed by atoms with Crippen LogP contribution in [0.15, 0.2) is 10.3 Å². The van der Waals surface area contributed by atoms with Crippen LogP contribution in [0, 0.1) is 0 Å². The lowest BCUT2D eigenvalue weighted by Gasteiger charge is -2.28. The molecule has 0 atom stereocenters. The molecule has 10 heteroatoms. The Morgan fingerprint density at radius 3 is 2.11 bits per heavy atom. The van der Waals surface area contributed by atoms with E-state index in [1.54, 1.807) is 0 Å². The Bertz CT molecular complexity index is 405. The Morgan fingerprint density at radius 2 is 1.68 bits per heavy atom. The highest BCUT2D eigenvalue weighted by Gasteiger charge is 2.60. The topological polar surface area (TPSA) is 110 Å². The summed E-state index contributed by atoms with van der Waals surface area (Å²) in [4.78, 5) is 41.0. The Morgan fingerprint density at radius 1 is 1.16 bits per heavy atom. The number of hydroxylamine groups is 1. The fraction of sp³-hybridized carbons (Fsp3) is 0.667. The third-order valence-corrected chi connectivity index (χ3v) is 2.35. The van der Waals surface area contributed by atoms with E-state index in [4.69, 9.17) is 4.84 Å². The highest BCUT2D eigenvalue weighted by molar-refractivity contribution is 6.05. The summed E-state index contributed by atoms with van der Waals surface area (Å²) in [5, 5.41) is 7.45. The normalized spacial score (nSPS) is 15.9. The van der Waals surface area contributed by atoms with Crippen molar-refractivity contribution in [1.29, 1.82) is 0 Å². The Kier molecular flexibility index (Phi) is 4.25. The molecule has 0 spiro atoms. The zero-order valence-corrected chi connectivity index (χ0v) is 10.9. The first-order chi connectivity index (χ1) is 8.90. The lowest BCUT2D eigenvalue weighted by molar-refractivity contribution is -0.206. The average Bonchev–Trinajstić information content (AvgIpc) is 2.81. The molecule has 0 fully saturated rings. The van der Waals surface area contributed by atoms with Gasteiger partial charge in [-0.05, 0) is 5.22 Å². The van der Waals surface area contributed by atoms with Gasteiger partial charge in [0.1, 0.15) is 6.54 Å². The van der Waals surface area contributed by atoms with Gasteiger partial charge in [-0.15, -0.1) is 0 Å². The van der Waals surface area contributed by atoms with Gasteiger partial charge in [0, 0.05) is 14.1 Å². The van der Waals surface area contributed by atoms with Crippen LogP contribution >= 0.6 is 0 Å². The van der Waals surface area contributed by atoms with Crippen LogP contribution in [0.2, 0.25) is 0 Å². The van der Waals surface area contributed by atoms with E-state index >= 15 is 0 Å². The number of hydrogen-bond acceptors (Lipinski definition) is 9. The Hall–Kier alpha value is -2.39. The van der Waals surface area contributed by atoms with Crippen molar-refractivity contribution >= 4 is 18.0 Å². The molecule has 10 nitrogen and oxygen atoms in total. The molecule has 1 aliphatic rings. The number of nitrogens with zero attached hydrogens (tertiary/aromatic N) is 4. The molecule has 0 aromatic rings. The van der Waals surface area contributed by atoms with E-state index in [0.29, 0.717) is 5.17 Å². The van der Waals surface area contributed by atoms with Crippen molar-refractivity contribution < 1.29 is 28.7 Å². The molecule has 1 rings (SSSR count). The molecule has 19 heavy (non-hydrogen) atoms. The van der Waals surface area contributed by atoms with E-state index < -0.39 is 23.6 Å². The standard InChI is InChI=1S/C9H14N4O6/c1-12(2)8(16)19-13-9(5-10-11-13,6(14)17-3)7(15)18-4/h5H2,1-4H3. The van der Waals surface area contributed by atoms with Gasteiger partial charge < -0.3 is 19.2 Å². The predicted molar refractivity (Wildman–Crippen MR) is 58.5 cm³/mol. The van der Waals surface area contributed by atoms with Crippen LogP contribution in [0.5, 0.6) is 0 Å². The van der Waals surface area contributed by atoms with Crippen LogP contribution in [0.3, 0.4) is 0 Å². The van der Waals surface area contributed by atoms with E-state index in [0.717, 1.165) is 19.1 Å². The van der Waals surface area contributed by atoms with Crippen molar-refractivity contribution in [3.8, 4) is 0 Å². The number of esters is 2. The van der Waals surface area contributed by atoms with Crippen LogP contribution < -0.4 is 0 Å². The van der Waals surface area contributed by atoms with Crippen LogP contribution in [0.1, 0.15) is 0 Å². The molecule has 1 aliphatic heterocycles. The quantitative estimate of drug-likeness (QED) is 0.497. The number of carbonyl (C=O) groups is 3. The first-order valence-electron chi connectivity index (χ1n) is 5.14. The molecule has 0 unspecified atom stereocenters. The summed E-state index contributed by atoms with van der Waals surface area (Å²) in [6, 6.07) is 0. The Labute approximate surface area is 108 Å². The second kappa shape index (κ2) is 5.50. The van der Waals surface area contributed by atoms with Crippen LogP contribution in [-0.4, -0.2) is 68.5 Å². The van der Waals surface area contributed by atoms with Crippen molar-refractivity contribution in [2.24, 2.45) is 10.3 Å². The molecule has 0 aliphatic carbocycles. The maximum atomic E-state index is 11.8. The molecule has 1 heterocycles. The summed E-state index contributed by atoms with van der Waals surface area (Å²) < 4.78 is 9.05. The first-order valence-corrected chi connectivity index (χ1v) is 5.14. The van der Waals surface area contributed by atoms with Gasteiger partial charge in [-0.1, -0.05) is 5.17 Å². The summed E-state index contributed by atoms with van der Waals surface area (Å²) >= 11 is 0. The van der Waals surface area contributed by atoms with Gasteiger partial charge in [-0.2, -0.15) is 5.11 Å². The summed E-state index contributed by atoms with van der Waals surface area (Å²) in [7, 11) is 5.01. The summed E-state index contributed by atoms with van der Waals surface area (Å²) in [6.45, 7) is -0.368. The fourth-order valence-corrected chi connectivity index (χ4v) is 1.29. The molecular weight excluding hydrogens is 260 g/mol. The number of amides is 1. The average molecular weight is 274 g/mol. The van der Waals surface area contributed by atoms with Gasteiger partial charge in [-0.3, -0.25) is 0 Å². The lowest BCUT2D eigenvalue weighted by Crippen LogP contribution is -2.59. The maximum Gasteiger partial charge on any atom is 0.435 e. The summed E-state index contributed by atoms with van der Waals surface area (Å²) in [6.07, 6.45) is -0.835. The van der Waals surface area contributed by atoms with Crippen molar-refractivity contribution in [3.63, 3.8) is 0 Å². The molecule has 0 saturated carbocycles. The minimum absolute atomic E-state index is 0.368. The highest BCUT2D eigenvalue weighted by Crippen LogP contribution is 2.27. The van der Waals surface area contributed by atoms with Gasteiger partial charge in [0.05, 0.1) is 14.2 Å². The molecule has 0 radical (unpaired) electrons. The molecule has 0 aromatic heterocycles. The zero-order chi connectivity index (χ0) is 14.6. The van der Waals surface area contributed by atoms with Crippen molar-refractivity contribution in [2.45, 2.75) is 5.54 Å². The largest absolute Gasteiger partial charge is 0.467 e. The Balaban J connectivity index is 3.06. The van der Waals surface area contributed by atoms with Gasteiger partial charge in [0.2, 0.25) is 0 Å².